The van der Waals surface area contributed by atoms with E-state index in [1.807, 2.05) is 90.7 Å². The SMILES string of the molecule is CCCN(CCc1ccc(Cl)cc1Cl)C(=O)c1ccccc1-c1ccccc1C(=O)NC(CCO)c1ccccc1. The van der Waals surface area contributed by atoms with Gasteiger partial charge in [0.05, 0.1) is 6.04 Å². The van der Waals surface area contributed by atoms with Crippen molar-refractivity contribution in [1.29, 1.82) is 0 Å². The van der Waals surface area contributed by atoms with Crippen LogP contribution in [0.4, 0.5) is 0 Å². The van der Waals surface area contributed by atoms with Crippen molar-refractivity contribution in [3.05, 3.63) is 129 Å². The maximum absolute atomic E-state index is 14.0. The number of benzene rings is 4. The molecule has 1 atom stereocenters. The number of hydrogen-bond donors (Lipinski definition) is 2. The summed E-state index contributed by atoms with van der Waals surface area (Å²) < 4.78 is 0. The van der Waals surface area contributed by atoms with Crippen LogP contribution in [-0.4, -0.2) is 41.5 Å². The van der Waals surface area contributed by atoms with Gasteiger partial charge in [0.1, 0.15) is 0 Å². The molecule has 0 bridgehead atoms. The van der Waals surface area contributed by atoms with Crippen molar-refractivity contribution in [2.45, 2.75) is 32.2 Å². The van der Waals surface area contributed by atoms with Crippen molar-refractivity contribution in [3.8, 4) is 11.1 Å². The lowest BCUT2D eigenvalue weighted by Gasteiger charge is -2.24. The summed E-state index contributed by atoms with van der Waals surface area (Å²) in [5, 5.41) is 13.9. The second-order valence-corrected chi connectivity index (χ2v) is 10.7. The van der Waals surface area contributed by atoms with Gasteiger partial charge in [-0.15, -0.1) is 0 Å². The molecule has 4 aromatic rings. The standard InChI is InChI=1S/C34H34Cl2N2O3/c1-2-20-38(21-18-24-16-17-26(35)23-31(24)36)34(41)30-15-9-7-13-28(30)27-12-6-8-14-29(27)33(40)37-32(19-22-39)25-10-4-3-5-11-25/h3-17,23,32,39H,2,18-22H2,1H3,(H,37,40). The van der Waals surface area contributed by atoms with Crippen LogP contribution >= 0.6 is 23.2 Å². The highest BCUT2D eigenvalue weighted by Gasteiger charge is 2.23. The Morgan fingerprint density at radius 2 is 1.46 bits per heavy atom. The summed E-state index contributed by atoms with van der Waals surface area (Å²) in [6, 6.07) is 29.3. The summed E-state index contributed by atoms with van der Waals surface area (Å²) in [5.41, 5.74) is 4.18. The average molecular weight is 590 g/mol. The number of carbonyl (C=O) groups excluding carboxylic acids is 2. The molecule has 1 unspecified atom stereocenters. The third-order valence-corrected chi connectivity index (χ3v) is 7.58. The van der Waals surface area contributed by atoms with Crippen molar-refractivity contribution >= 4 is 35.0 Å². The zero-order valence-electron chi connectivity index (χ0n) is 23.0. The first-order chi connectivity index (χ1) is 19.9. The van der Waals surface area contributed by atoms with Crippen LogP contribution in [0.3, 0.4) is 0 Å². The Labute approximate surface area is 251 Å². The summed E-state index contributed by atoms with van der Waals surface area (Å²) in [6.07, 6.45) is 1.78. The predicted molar refractivity (Wildman–Crippen MR) is 167 cm³/mol. The van der Waals surface area contributed by atoms with Gasteiger partial charge in [-0.05, 0) is 65.8 Å². The van der Waals surface area contributed by atoms with Crippen LogP contribution in [0.2, 0.25) is 10.0 Å². The number of halogens is 2. The normalized spacial score (nSPS) is 11.6. The minimum absolute atomic E-state index is 0.0622. The Bertz CT molecular complexity index is 1480. The number of carbonyl (C=O) groups is 2. The number of hydrogen-bond acceptors (Lipinski definition) is 3. The van der Waals surface area contributed by atoms with E-state index < -0.39 is 0 Å². The second kappa shape index (κ2) is 14.8. The van der Waals surface area contributed by atoms with Gasteiger partial charge >= 0.3 is 0 Å². The zero-order valence-corrected chi connectivity index (χ0v) is 24.5. The Morgan fingerprint density at radius 1 is 0.829 bits per heavy atom. The smallest absolute Gasteiger partial charge is 0.254 e. The molecule has 2 N–H and O–H groups in total. The highest BCUT2D eigenvalue weighted by Crippen LogP contribution is 2.30. The largest absolute Gasteiger partial charge is 0.396 e. The first-order valence-electron chi connectivity index (χ1n) is 13.8. The van der Waals surface area contributed by atoms with Crippen molar-refractivity contribution in [2.24, 2.45) is 0 Å². The maximum Gasteiger partial charge on any atom is 0.254 e. The van der Waals surface area contributed by atoms with E-state index in [0.717, 1.165) is 17.5 Å². The molecule has 0 heterocycles. The van der Waals surface area contributed by atoms with Crippen LogP contribution in [0.5, 0.6) is 0 Å². The first kappa shape index (κ1) is 30.3. The molecule has 0 saturated carbocycles. The summed E-state index contributed by atoms with van der Waals surface area (Å²) in [6.45, 7) is 3.05. The molecular formula is C34H34Cl2N2O3. The lowest BCUT2D eigenvalue weighted by atomic mass is 9.93. The van der Waals surface area contributed by atoms with Gasteiger partial charge in [0.15, 0.2) is 0 Å². The fourth-order valence-corrected chi connectivity index (χ4v) is 5.43. The number of aliphatic hydroxyl groups is 1. The van der Waals surface area contributed by atoms with Crippen molar-refractivity contribution in [1.82, 2.24) is 10.2 Å². The number of nitrogens with one attached hydrogen (secondary N) is 1. The molecule has 0 saturated heterocycles. The Kier molecular flexibility index (Phi) is 11.0. The van der Waals surface area contributed by atoms with Gasteiger partial charge in [-0.2, -0.15) is 0 Å². The van der Waals surface area contributed by atoms with Crippen LogP contribution in [0.1, 0.15) is 57.7 Å². The number of rotatable bonds is 12. The molecule has 0 radical (unpaired) electrons. The van der Waals surface area contributed by atoms with Gasteiger partial charge in [0, 0.05) is 40.9 Å². The van der Waals surface area contributed by atoms with Crippen molar-refractivity contribution in [2.75, 3.05) is 19.7 Å². The minimum Gasteiger partial charge on any atom is -0.396 e. The van der Waals surface area contributed by atoms with E-state index in [4.69, 9.17) is 23.2 Å². The molecule has 4 aromatic carbocycles. The molecule has 0 fully saturated rings. The summed E-state index contributed by atoms with van der Waals surface area (Å²) in [5.74, 6) is -0.377. The molecule has 7 heteroatoms. The van der Waals surface area contributed by atoms with Crippen molar-refractivity contribution in [3.63, 3.8) is 0 Å². The van der Waals surface area contributed by atoms with E-state index in [0.29, 0.717) is 58.2 Å². The monoisotopic (exact) mass is 588 g/mol. The predicted octanol–water partition coefficient (Wildman–Crippen LogP) is 7.61. The summed E-state index contributed by atoms with van der Waals surface area (Å²) in [7, 11) is 0. The highest BCUT2D eigenvalue weighted by atomic mass is 35.5. The average Bonchev–Trinajstić information content (AvgIpc) is 3.00. The van der Waals surface area contributed by atoms with Gasteiger partial charge < -0.3 is 15.3 Å². The minimum atomic E-state index is -0.349. The van der Waals surface area contributed by atoms with E-state index in [2.05, 4.69) is 5.32 Å². The van der Waals surface area contributed by atoms with Crippen LogP contribution in [0, 0.1) is 0 Å². The van der Waals surface area contributed by atoms with E-state index >= 15 is 0 Å². The zero-order chi connectivity index (χ0) is 29.2. The lowest BCUT2D eigenvalue weighted by Crippen LogP contribution is -2.34. The fourth-order valence-electron chi connectivity index (χ4n) is 4.93. The molecule has 0 aromatic heterocycles. The van der Waals surface area contributed by atoms with E-state index in [1.54, 1.807) is 18.2 Å². The van der Waals surface area contributed by atoms with Gasteiger partial charge in [-0.25, -0.2) is 0 Å². The molecule has 5 nitrogen and oxygen atoms in total. The third-order valence-electron chi connectivity index (χ3n) is 6.99. The first-order valence-corrected chi connectivity index (χ1v) is 14.6. The molecule has 212 valence electrons. The van der Waals surface area contributed by atoms with Crippen molar-refractivity contribution < 1.29 is 14.7 Å². The third kappa shape index (κ3) is 7.76. The molecular weight excluding hydrogens is 555 g/mol. The Balaban J connectivity index is 1.62. The lowest BCUT2D eigenvalue weighted by molar-refractivity contribution is 0.0757. The molecule has 0 aliphatic heterocycles. The molecule has 2 amide bonds. The number of amides is 2. The van der Waals surface area contributed by atoms with E-state index in [-0.39, 0.29) is 24.5 Å². The van der Waals surface area contributed by atoms with Crippen LogP contribution in [0.15, 0.2) is 97.1 Å². The summed E-state index contributed by atoms with van der Waals surface area (Å²) in [4.78, 5) is 29.4. The van der Waals surface area contributed by atoms with E-state index in [9.17, 15) is 14.7 Å². The fraction of sp³-hybridized carbons (Fsp3) is 0.235. The van der Waals surface area contributed by atoms with E-state index in [1.165, 1.54) is 0 Å². The van der Waals surface area contributed by atoms with Crippen LogP contribution in [0.25, 0.3) is 11.1 Å². The van der Waals surface area contributed by atoms with Gasteiger partial charge in [-0.1, -0.05) is 103 Å². The number of aliphatic hydroxyl groups excluding tert-OH is 1. The quantitative estimate of drug-likeness (QED) is 0.179. The maximum atomic E-state index is 14.0. The van der Waals surface area contributed by atoms with Crippen LogP contribution < -0.4 is 5.32 Å². The Morgan fingerprint density at radius 3 is 2.12 bits per heavy atom. The molecule has 0 aliphatic carbocycles. The Hall–Kier alpha value is -3.64. The topological polar surface area (TPSA) is 69.6 Å². The highest BCUT2D eigenvalue weighted by molar-refractivity contribution is 6.35. The van der Waals surface area contributed by atoms with Crippen LogP contribution in [-0.2, 0) is 6.42 Å². The molecule has 0 spiro atoms. The van der Waals surface area contributed by atoms with Gasteiger partial charge in [-0.3, -0.25) is 9.59 Å². The molecule has 0 aliphatic rings. The second-order valence-electron chi connectivity index (χ2n) is 9.82. The summed E-state index contributed by atoms with van der Waals surface area (Å²) >= 11 is 12.5. The van der Waals surface area contributed by atoms with Gasteiger partial charge in [0.2, 0.25) is 0 Å². The van der Waals surface area contributed by atoms with Gasteiger partial charge in [0.25, 0.3) is 11.8 Å². The number of nitrogens with zero attached hydrogens (tertiary/aromatic N) is 1. The molecule has 4 rings (SSSR count). The molecule has 41 heavy (non-hydrogen) atoms.